The lowest BCUT2D eigenvalue weighted by Gasteiger charge is -2.11. The maximum absolute atomic E-state index is 11.7. The Kier molecular flexibility index (Phi) is 5.88. The summed E-state index contributed by atoms with van der Waals surface area (Å²) >= 11 is 6.16. The Morgan fingerprint density at radius 3 is 2.48 bits per heavy atom. The third kappa shape index (κ3) is 4.74. The number of benzene rings is 2. The Hall–Kier alpha value is -3.12. The number of ether oxygens (including phenoxy) is 1. The molecule has 1 heterocycles. The van der Waals surface area contributed by atoms with Gasteiger partial charge in [0, 0.05) is 22.5 Å². The average Bonchev–Trinajstić information content (AvgIpc) is 2.67. The van der Waals surface area contributed by atoms with E-state index in [4.69, 9.17) is 16.3 Å². The first kappa shape index (κ1) is 18.7. The molecule has 3 rings (SSSR count). The number of carbonyl (C=O) groups excluding carboxylic acids is 1. The Balaban J connectivity index is 1.72. The van der Waals surface area contributed by atoms with Crippen molar-refractivity contribution in [2.75, 3.05) is 17.2 Å². The largest absolute Gasteiger partial charge is 0.462 e. The van der Waals surface area contributed by atoms with Gasteiger partial charge in [-0.15, -0.1) is 0 Å². The van der Waals surface area contributed by atoms with Crippen LogP contribution >= 0.6 is 11.6 Å². The van der Waals surface area contributed by atoms with Crippen LogP contribution in [0.25, 0.3) is 0 Å². The van der Waals surface area contributed by atoms with Crippen LogP contribution in [0.5, 0.6) is 0 Å². The highest BCUT2D eigenvalue weighted by Gasteiger charge is 2.07. The van der Waals surface area contributed by atoms with Gasteiger partial charge in [0.1, 0.15) is 18.0 Å². The molecule has 0 aliphatic heterocycles. The maximum atomic E-state index is 11.7. The van der Waals surface area contributed by atoms with Gasteiger partial charge < -0.3 is 15.4 Å². The summed E-state index contributed by atoms with van der Waals surface area (Å²) in [5, 5.41) is 7.11. The highest BCUT2D eigenvalue weighted by Crippen LogP contribution is 2.26. The minimum Gasteiger partial charge on any atom is -0.462 e. The SMILES string of the molecule is CCOC(=O)c1ccc(Nc2cc(Nc3cccc(Cl)c3C)ncn2)cc1. The van der Waals surface area contributed by atoms with E-state index in [2.05, 4.69) is 20.6 Å². The van der Waals surface area contributed by atoms with Crippen molar-refractivity contribution in [3.63, 3.8) is 0 Å². The van der Waals surface area contributed by atoms with Gasteiger partial charge in [0.15, 0.2) is 0 Å². The van der Waals surface area contributed by atoms with E-state index in [0.29, 0.717) is 28.8 Å². The predicted octanol–water partition coefficient (Wildman–Crippen LogP) is 5.10. The van der Waals surface area contributed by atoms with Crippen LogP contribution in [0.4, 0.5) is 23.0 Å². The average molecular weight is 383 g/mol. The molecule has 138 valence electrons. The number of esters is 1. The second kappa shape index (κ2) is 8.51. The minimum absolute atomic E-state index is 0.338. The fraction of sp³-hybridized carbons (Fsp3) is 0.150. The fourth-order valence-corrected chi connectivity index (χ4v) is 2.60. The molecule has 0 bridgehead atoms. The van der Waals surface area contributed by atoms with Crippen LogP contribution in [0.1, 0.15) is 22.8 Å². The Morgan fingerprint density at radius 2 is 1.78 bits per heavy atom. The molecule has 2 aromatic carbocycles. The molecule has 0 unspecified atom stereocenters. The van der Waals surface area contributed by atoms with E-state index in [9.17, 15) is 4.79 Å². The predicted molar refractivity (Wildman–Crippen MR) is 107 cm³/mol. The molecular weight excluding hydrogens is 364 g/mol. The van der Waals surface area contributed by atoms with Gasteiger partial charge in [0.25, 0.3) is 0 Å². The summed E-state index contributed by atoms with van der Waals surface area (Å²) in [7, 11) is 0. The van der Waals surface area contributed by atoms with Crippen molar-refractivity contribution in [2.45, 2.75) is 13.8 Å². The van der Waals surface area contributed by atoms with E-state index < -0.39 is 0 Å². The summed E-state index contributed by atoms with van der Waals surface area (Å²) in [4.78, 5) is 20.2. The van der Waals surface area contributed by atoms with E-state index in [1.807, 2.05) is 25.1 Å². The second-order valence-electron chi connectivity index (χ2n) is 5.75. The van der Waals surface area contributed by atoms with Gasteiger partial charge >= 0.3 is 5.97 Å². The number of hydrogen-bond acceptors (Lipinski definition) is 6. The zero-order valence-electron chi connectivity index (χ0n) is 15.0. The monoisotopic (exact) mass is 382 g/mol. The lowest BCUT2D eigenvalue weighted by atomic mass is 10.2. The zero-order chi connectivity index (χ0) is 19.2. The lowest BCUT2D eigenvalue weighted by molar-refractivity contribution is 0.0526. The molecule has 0 spiro atoms. The highest BCUT2D eigenvalue weighted by molar-refractivity contribution is 6.31. The van der Waals surface area contributed by atoms with Crippen molar-refractivity contribution >= 4 is 40.6 Å². The molecule has 0 aliphatic carbocycles. The van der Waals surface area contributed by atoms with Crippen LogP contribution in [0.3, 0.4) is 0 Å². The summed E-state index contributed by atoms with van der Waals surface area (Å²) < 4.78 is 4.98. The second-order valence-corrected chi connectivity index (χ2v) is 6.16. The summed E-state index contributed by atoms with van der Waals surface area (Å²) in [5.74, 6) is 0.923. The van der Waals surface area contributed by atoms with Gasteiger partial charge in [0.05, 0.1) is 12.2 Å². The third-order valence-electron chi connectivity index (χ3n) is 3.87. The first-order chi connectivity index (χ1) is 13.1. The van der Waals surface area contributed by atoms with Crippen molar-refractivity contribution in [1.82, 2.24) is 9.97 Å². The number of hydrogen-bond donors (Lipinski definition) is 2. The Bertz CT molecular complexity index is 945. The van der Waals surface area contributed by atoms with Gasteiger partial charge in [-0.2, -0.15) is 0 Å². The van der Waals surface area contributed by atoms with Gasteiger partial charge in [-0.25, -0.2) is 14.8 Å². The summed E-state index contributed by atoms with van der Waals surface area (Å²) in [6.07, 6.45) is 1.47. The van der Waals surface area contributed by atoms with Crippen LogP contribution in [-0.4, -0.2) is 22.5 Å². The Labute approximate surface area is 162 Å². The minimum atomic E-state index is -0.338. The molecule has 0 atom stereocenters. The number of halogens is 1. The molecule has 0 aliphatic rings. The van der Waals surface area contributed by atoms with E-state index >= 15 is 0 Å². The van der Waals surface area contributed by atoms with E-state index in [1.165, 1.54) is 6.33 Å². The molecule has 0 fully saturated rings. The van der Waals surface area contributed by atoms with Crippen molar-refractivity contribution in [1.29, 1.82) is 0 Å². The number of rotatable bonds is 6. The van der Waals surface area contributed by atoms with Crippen molar-refractivity contribution < 1.29 is 9.53 Å². The van der Waals surface area contributed by atoms with E-state index in [-0.39, 0.29) is 5.97 Å². The first-order valence-electron chi connectivity index (χ1n) is 8.45. The van der Waals surface area contributed by atoms with Gasteiger partial charge in [-0.3, -0.25) is 0 Å². The molecular formula is C20H19ClN4O2. The van der Waals surface area contributed by atoms with Crippen LogP contribution in [-0.2, 0) is 4.74 Å². The lowest BCUT2D eigenvalue weighted by Crippen LogP contribution is -2.04. The standard InChI is InChI=1S/C20H19ClN4O2/c1-3-27-20(26)14-7-9-15(10-8-14)24-18-11-19(23-12-22-18)25-17-6-4-5-16(21)13(17)2/h4-12H,3H2,1-2H3,(H2,22,23,24,25). The number of anilines is 4. The molecule has 0 saturated heterocycles. The Morgan fingerprint density at radius 1 is 1.07 bits per heavy atom. The number of aromatic nitrogens is 2. The molecule has 1 aromatic heterocycles. The van der Waals surface area contributed by atoms with Crippen molar-refractivity contribution in [2.24, 2.45) is 0 Å². The summed E-state index contributed by atoms with van der Waals surface area (Å²) in [6, 6.07) is 14.4. The van der Waals surface area contributed by atoms with Gasteiger partial charge in [-0.1, -0.05) is 17.7 Å². The van der Waals surface area contributed by atoms with Gasteiger partial charge in [-0.05, 0) is 55.8 Å². The molecule has 3 aromatic rings. The van der Waals surface area contributed by atoms with Gasteiger partial charge in [0.2, 0.25) is 0 Å². The van der Waals surface area contributed by atoms with Crippen molar-refractivity contribution in [3.05, 3.63) is 71.0 Å². The molecule has 2 N–H and O–H groups in total. The topological polar surface area (TPSA) is 76.1 Å². The summed E-state index contributed by atoms with van der Waals surface area (Å²) in [5.41, 5.74) is 3.13. The first-order valence-corrected chi connectivity index (χ1v) is 8.83. The van der Waals surface area contributed by atoms with E-state index in [0.717, 1.165) is 16.9 Å². The zero-order valence-corrected chi connectivity index (χ0v) is 15.7. The third-order valence-corrected chi connectivity index (χ3v) is 4.28. The molecule has 6 nitrogen and oxygen atoms in total. The normalized spacial score (nSPS) is 10.3. The van der Waals surface area contributed by atoms with Crippen LogP contribution < -0.4 is 10.6 Å². The van der Waals surface area contributed by atoms with E-state index in [1.54, 1.807) is 37.3 Å². The molecule has 7 heteroatoms. The quantitative estimate of drug-likeness (QED) is 0.577. The summed E-state index contributed by atoms with van der Waals surface area (Å²) in [6.45, 7) is 4.07. The smallest absolute Gasteiger partial charge is 0.338 e. The highest BCUT2D eigenvalue weighted by atomic mass is 35.5. The molecule has 27 heavy (non-hydrogen) atoms. The molecule has 0 radical (unpaired) electrons. The number of nitrogens with zero attached hydrogens (tertiary/aromatic N) is 2. The van der Waals surface area contributed by atoms with Crippen molar-refractivity contribution in [3.8, 4) is 0 Å². The van der Waals surface area contributed by atoms with Crippen LogP contribution in [0, 0.1) is 6.92 Å². The maximum Gasteiger partial charge on any atom is 0.338 e. The number of carbonyl (C=O) groups is 1. The van der Waals surface area contributed by atoms with Crippen LogP contribution in [0.15, 0.2) is 54.9 Å². The molecule has 0 saturated carbocycles. The fourth-order valence-electron chi connectivity index (χ4n) is 2.43. The molecule has 0 amide bonds. The number of nitrogens with one attached hydrogen (secondary N) is 2. The van der Waals surface area contributed by atoms with Crippen LogP contribution in [0.2, 0.25) is 5.02 Å².